The third-order valence-electron chi connectivity index (χ3n) is 2.91. The Hall–Kier alpha value is -2.22. The Labute approximate surface area is 112 Å². The van der Waals surface area contributed by atoms with Gasteiger partial charge in [-0.1, -0.05) is 0 Å². The van der Waals surface area contributed by atoms with Crippen molar-refractivity contribution in [2.45, 2.75) is 11.7 Å². The van der Waals surface area contributed by atoms with E-state index >= 15 is 0 Å². The minimum absolute atomic E-state index is 0.356. The van der Waals surface area contributed by atoms with E-state index in [1.54, 1.807) is 12.1 Å². The van der Waals surface area contributed by atoms with Crippen LogP contribution in [0.3, 0.4) is 0 Å². The Morgan fingerprint density at radius 1 is 1.35 bits per heavy atom. The molecule has 1 aromatic rings. The summed E-state index contributed by atoms with van der Waals surface area (Å²) in [6.45, 7) is 0. The lowest BCUT2D eigenvalue weighted by Crippen LogP contribution is -2.61. The number of ether oxygens (including phenoxy) is 1. The highest BCUT2D eigenvalue weighted by atomic mass is 19.4. The van der Waals surface area contributed by atoms with Gasteiger partial charge in [0.2, 0.25) is 0 Å². The molecule has 2 N–H and O–H groups in total. The normalized spacial score (nSPS) is 22.1. The molecule has 0 aromatic heterocycles. The topological polar surface area (TPSA) is 61.8 Å². The number of nitrogens with zero attached hydrogens (tertiary/aromatic N) is 1. The van der Waals surface area contributed by atoms with Crippen LogP contribution < -0.4 is 15.2 Å². The monoisotopic (exact) mass is 288 g/mol. The van der Waals surface area contributed by atoms with Crippen LogP contribution in [0.1, 0.15) is 0 Å². The lowest BCUT2D eigenvalue weighted by atomic mass is 10.0. The number of carbonyl (C=O) groups is 1. The fraction of sp³-hybridized carbons (Fsp3) is 0.250. The van der Waals surface area contributed by atoms with Crippen molar-refractivity contribution in [2.75, 3.05) is 12.1 Å². The second-order valence-corrected chi connectivity index (χ2v) is 4.11. The fourth-order valence-corrected chi connectivity index (χ4v) is 1.74. The van der Waals surface area contributed by atoms with Crippen molar-refractivity contribution in [2.24, 2.45) is 0 Å². The smallest absolute Gasteiger partial charge is 0.422 e. The van der Waals surface area contributed by atoms with E-state index in [0.717, 1.165) is 11.2 Å². The molecule has 2 rings (SSSR count). The first kappa shape index (κ1) is 14.2. The molecule has 0 spiro atoms. The molecule has 1 aromatic carbocycles. The summed E-state index contributed by atoms with van der Waals surface area (Å²) >= 11 is 0. The Bertz CT molecular complexity index is 542. The lowest BCUT2D eigenvalue weighted by Gasteiger charge is -2.29. The maximum atomic E-state index is 12.9. The number of aliphatic carboxylic acids is 1. The highest BCUT2D eigenvalue weighted by Gasteiger charge is 2.62. The number of benzene rings is 1. The Balaban J connectivity index is 2.27. The average molecular weight is 288 g/mol. The average Bonchev–Trinajstić information content (AvgIpc) is 2.85. The van der Waals surface area contributed by atoms with Gasteiger partial charge in [0.25, 0.3) is 5.54 Å². The molecule has 0 saturated heterocycles. The van der Waals surface area contributed by atoms with Crippen LogP contribution >= 0.6 is 0 Å². The lowest BCUT2D eigenvalue weighted by molar-refractivity contribution is -0.197. The molecule has 20 heavy (non-hydrogen) atoms. The largest absolute Gasteiger partial charge is 0.497 e. The van der Waals surface area contributed by atoms with Crippen molar-refractivity contribution < 1.29 is 27.8 Å². The van der Waals surface area contributed by atoms with E-state index in [4.69, 9.17) is 9.84 Å². The molecule has 0 radical (unpaired) electrons. The molecule has 0 fully saturated rings. The molecule has 1 unspecified atom stereocenters. The van der Waals surface area contributed by atoms with Crippen molar-refractivity contribution in [3.63, 3.8) is 0 Å². The number of alkyl halides is 3. The molecule has 8 heteroatoms. The van der Waals surface area contributed by atoms with Crippen LogP contribution in [0.15, 0.2) is 36.5 Å². The number of rotatable bonds is 3. The highest BCUT2D eigenvalue weighted by molar-refractivity contribution is 5.84. The number of nitrogens with one attached hydrogen (secondary N) is 1. The van der Waals surface area contributed by atoms with Gasteiger partial charge in [0.1, 0.15) is 5.75 Å². The first-order valence-corrected chi connectivity index (χ1v) is 5.51. The van der Waals surface area contributed by atoms with Crippen molar-refractivity contribution in [1.29, 1.82) is 0 Å². The summed E-state index contributed by atoms with van der Waals surface area (Å²) in [6.07, 6.45) is -3.36. The third-order valence-corrected chi connectivity index (χ3v) is 2.91. The van der Waals surface area contributed by atoms with Crippen molar-refractivity contribution in [1.82, 2.24) is 5.43 Å². The third kappa shape index (κ3) is 2.18. The summed E-state index contributed by atoms with van der Waals surface area (Å²) in [5.41, 5.74) is -0.808. The van der Waals surface area contributed by atoms with E-state index in [9.17, 15) is 18.0 Å². The van der Waals surface area contributed by atoms with Crippen LogP contribution in [0, 0.1) is 0 Å². The number of carboxylic acid groups (broad SMARTS) is 1. The van der Waals surface area contributed by atoms with Gasteiger partial charge in [-0.05, 0) is 30.3 Å². The van der Waals surface area contributed by atoms with E-state index in [1.165, 1.54) is 19.2 Å². The minimum atomic E-state index is -4.96. The number of methoxy groups -OCH3 is 1. The van der Waals surface area contributed by atoms with Gasteiger partial charge in [-0.2, -0.15) is 13.2 Å². The predicted molar refractivity (Wildman–Crippen MR) is 64.2 cm³/mol. The van der Waals surface area contributed by atoms with Gasteiger partial charge in [0.05, 0.1) is 12.8 Å². The molecule has 0 aliphatic carbocycles. The van der Waals surface area contributed by atoms with Crippen LogP contribution in [0.5, 0.6) is 5.75 Å². The first-order valence-electron chi connectivity index (χ1n) is 5.51. The number of halogens is 3. The summed E-state index contributed by atoms with van der Waals surface area (Å²) in [4.78, 5) is 11.0. The summed E-state index contributed by atoms with van der Waals surface area (Å²) in [6, 6.07) is 6.12. The molecule has 0 bridgehead atoms. The maximum absolute atomic E-state index is 12.9. The molecule has 1 heterocycles. The van der Waals surface area contributed by atoms with Gasteiger partial charge < -0.3 is 9.84 Å². The van der Waals surface area contributed by atoms with E-state index in [-0.39, 0.29) is 0 Å². The van der Waals surface area contributed by atoms with Crippen molar-refractivity contribution >= 4 is 11.7 Å². The Kier molecular flexibility index (Phi) is 3.34. The van der Waals surface area contributed by atoms with Gasteiger partial charge in [0, 0.05) is 6.20 Å². The van der Waals surface area contributed by atoms with Crippen LogP contribution in [0.25, 0.3) is 0 Å². The minimum Gasteiger partial charge on any atom is -0.497 e. The molecule has 5 nitrogen and oxygen atoms in total. The van der Waals surface area contributed by atoms with Gasteiger partial charge in [-0.3, -0.25) is 5.01 Å². The molecule has 0 saturated carbocycles. The van der Waals surface area contributed by atoms with Gasteiger partial charge in [-0.25, -0.2) is 10.2 Å². The summed E-state index contributed by atoms with van der Waals surface area (Å²) < 4.78 is 43.7. The Morgan fingerprint density at radius 3 is 2.35 bits per heavy atom. The molecule has 1 aliphatic heterocycles. The summed E-state index contributed by atoms with van der Waals surface area (Å²) in [5, 5.41) is 9.87. The molecular formula is C12H11F3N2O3. The van der Waals surface area contributed by atoms with Gasteiger partial charge >= 0.3 is 12.1 Å². The molecule has 1 atom stereocenters. The second kappa shape index (κ2) is 4.71. The zero-order chi connectivity index (χ0) is 15.0. The predicted octanol–water partition coefficient (Wildman–Crippen LogP) is 1.92. The summed E-state index contributed by atoms with van der Waals surface area (Å²) in [5.74, 6) is -1.48. The standard InChI is InChI=1S/C12H11F3N2O3/c1-20-9-4-2-8(3-5-9)17-7-6-11(16-17,10(18)19)12(13,14)15/h2-7,16H,1H3,(H,18,19). The molecular weight excluding hydrogens is 277 g/mol. The zero-order valence-corrected chi connectivity index (χ0v) is 10.3. The fourth-order valence-electron chi connectivity index (χ4n) is 1.74. The maximum Gasteiger partial charge on any atom is 0.422 e. The van der Waals surface area contributed by atoms with E-state index < -0.39 is 17.7 Å². The van der Waals surface area contributed by atoms with Crippen molar-refractivity contribution in [3.8, 4) is 5.75 Å². The second-order valence-electron chi connectivity index (χ2n) is 4.11. The van der Waals surface area contributed by atoms with Crippen molar-refractivity contribution in [3.05, 3.63) is 36.5 Å². The van der Waals surface area contributed by atoms with Crippen LogP contribution in [0.4, 0.5) is 18.9 Å². The number of hydrogen-bond donors (Lipinski definition) is 2. The van der Waals surface area contributed by atoms with Crippen LogP contribution in [0.2, 0.25) is 0 Å². The number of anilines is 1. The zero-order valence-electron chi connectivity index (χ0n) is 10.3. The number of carboxylic acids is 1. The van der Waals surface area contributed by atoms with E-state index in [2.05, 4.69) is 0 Å². The molecule has 108 valence electrons. The quantitative estimate of drug-likeness (QED) is 0.889. The summed E-state index contributed by atoms with van der Waals surface area (Å²) in [7, 11) is 1.46. The number of hydrogen-bond acceptors (Lipinski definition) is 4. The van der Waals surface area contributed by atoms with E-state index in [1.807, 2.05) is 5.43 Å². The van der Waals surface area contributed by atoms with Gasteiger partial charge in [0.15, 0.2) is 0 Å². The highest BCUT2D eigenvalue weighted by Crippen LogP contribution is 2.36. The van der Waals surface area contributed by atoms with Crippen LogP contribution in [-0.2, 0) is 4.79 Å². The SMILES string of the molecule is COc1ccc(N2C=CC(C(=O)O)(C(F)(F)F)N2)cc1. The number of hydrazine groups is 1. The van der Waals surface area contributed by atoms with Crippen LogP contribution in [-0.4, -0.2) is 29.9 Å². The van der Waals surface area contributed by atoms with Gasteiger partial charge in [-0.15, -0.1) is 0 Å². The molecule has 1 aliphatic rings. The Morgan fingerprint density at radius 2 is 1.95 bits per heavy atom. The van der Waals surface area contributed by atoms with E-state index in [0.29, 0.717) is 17.5 Å². The first-order chi connectivity index (χ1) is 9.30. The molecule has 0 amide bonds.